The maximum atomic E-state index is 11.0. The number of nitrogens with one attached hydrogen (secondary N) is 1. The molecule has 0 aliphatic heterocycles. The van der Waals surface area contributed by atoms with Crippen LogP contribution in [0.1, 0.15) is 5.56 Å². The Morgan fingerprint density at radius 2 is 1.59 bits per heavy atom. The first kappa shape index (κ1) is 15.6. The molecule has 0 saturated carbocycles. The van der Waals surface area contributed by atoms with E-state index in [4.69, 9.17) is 9.47 Å². The van der Waals surface area contributed by atoms with Crippen molar-refractivity contribution >= 4 is 5.91 Å². The fourth-order valence-corrected chi connectivity index (χ4v) is 1.91. The van der Waals surface area contributed by atoms with Gasteiger partial charge in [0, 0.05) is 6.54 Å². The number of ether oxygens (including phenoxy) is 2. The summed E-state index contributed by atoms with van der Waals surface area (Å²) in [6.07, 6.45) is 2.04. The molecular formula is C18H19NO3. The van der Waals surface area contributed by atoms with E-state index in [1.54, 1.807) is 7.11 Å². The van der Waals surface area contributed by atoms with Crippen LogP contribution in [-0.2, 0) is 11.2 Å². The molecule has 22 heavy (non-hydrogen) atoms. The van der Waals surface area contributed by atoms with Gasteiger partial charge in [-0.05, 0) is 54.5 Å². The van der Waals surface area contributed by atoms with Crippen LogP contribution in [0.5, 0.6) is 17.2 Å². The number of methoxy groups -OCH3 is 1. The summed E-state index contributed by atoms with van der Waals surface area (Å²) < 4.78 is 10.9. The maximum absolute atomic E-state index is 11.0. The molecule has 0 radical (unpaired) electrons. The number of hydrogen-bond donors (Lipinski definition) is 1. The van der Waals surface area contributed by atoms with Gasteiger partial charge in [0.2, 0.25) is 5.91 Å². The summed E-state index contributed by atoms with van der Waals surface area (Å²) in [5, 5.41) is 2.75. The fourth-order valence-electron chi connectivity index (χ4n) is 1.91. The average Bonchev–Trinajstić information content (AvgIpc) is 2.57. The second-order valence-corrected chi connectivity index (χ2v) is 4.67. The Morgan fingerprint density at radius 3 is 2.14 bits per heavy atom. The van der Waals surface area contributed by atoms with Crippen molar-refractivity contribution in [1.29, 1.82) is 0 Å². The summed E-state index contributed by atoms with van der Waals surface area (Å²) in [7, 11) is 1.63. The number of rotatable bonds is 7. The van der Waals surface area contributed by atoms with Crippen molar-refractivity contribution in [3.05, 3.63) is 66.7 Å². The van der Waals surface area contributed by atoms with Crippen molar-refractivity contribution in [1.82, 2.24) is 5.32 Å². The molecule has 1 N–H and O–H groups in total. The summed E-state index contributed by atoms with van der Waals surface area (Å²) in [6, 6.07) is 15.2. The lowest BCUT2D eigenvalue weighted by atomic mass is 10.1. The molecule has 0 unspecified atom stereocenters. The monoisotopic (exact) mass is 297 g/mol. The summed E-state index contributed by atoms with van der Waals surface area (Å²) in [6.45, 7) is 4.00. The van der Waals surface area contributed by atoms with E-state index in [0.717, 1.165) is 29.2 Å². The molecule has 2 rings (SSSR count). The summed E-state index contributed by atoms with van der Waals surface area (Å²) >= 11 is 0. The largest absolute Gasteiger partial charge is 0.497 e. The first-order valence-corrected chi connectivity index (χ1v) is 7.02. The second-order valence-electron chi connectivity index (χ2n) is 4.67. The van der Waals surface area contributed by atoms with Crippen molar-refractivity contribution in [2.45, 2.75) is 6.42 Å². The van der Waals surface area contributed by atoms with Crippen LogP contribution in [0, 0.1) is 0 Å². The van der Waals surface area contributed by atoms with Crippen LogP contribution in [0.3, 0.4) is 0 Å². The summed E-state index contributed by atoms with van der Waals surface area (Å²) in [5.41, 5.74) is 1.13. The van der Waals surface area contributed by atoms with E-state index in [9.17, 15) is 4.79 Å². The highest BCUT2D eigenvalue weighted by Crippen LogP contribution is 2.24. The predicted octanol–water partition coefficient (Wildman–Crippen LogP) is 3.33. The lowest BCUT2D eigenvalue weighted by molar-refractivity contribution is -0.116. The quantitative estimate of drug-likeness (QED) is 0.797. The van der Waals surface area contributed by atoms with Gasteiger partial charge in [0.05, 0.1) is 7.11 Å². The smallest absolute Gasteiger partial charge is 0.243 e. The molecule has 0 bridgehead atoms. The Morgan fingerprint density at radius 1 is 1.05 bits per heavy atom. The van der Waals surface area contributed by atoms with E-state index in [1.165, 1.54) is 6.08 Å². The van der Waals surface area contributed by atoms with E-state index in [2.05, 4.69) is 11.9 Å². The number of carbonyl (C=O) groups excluding carboxylic acids is 1. The van der Waals surface area contributed by atoms with Crippen molar-refractivity contribution in [2.24, 2.45) is 0 Å². The van der Waals surface area contributed by atoms with Gasteiger partial charge < -0.3 is 14.8 Å². The first-order valence-electron chi connectivity index (χ1n) is 7.02. The molecule has 0 atom stereocenters. The molecule has 2 aromatic carbocycles. The third-order valence-electron chi connectivity index (χ3n) is 3.12. The molecule has 114 valence electrons. The van der Waals surface area contributed by atoms with Crippen LogP contribution in [0.2, 0.25) is 0 Å². The van der Waals surface area contributed by atoms with Crippen molar-refractivity contribution in [2.75, 3.05) is 13.7 Å². The summed E-state index contributed by atoms with van der Waals surface area (Å²) in [4.78, 5) is 11.0. The van der Waals surface area contributed by atoms with Gasteiger partial charge in [-0.25, -0.2) is 0 Å². The van der Waals surface area contributed by atoms with Gasteiger partial charge in [-0.15, -0.1) is 0 Å². The average molecular weight is 297 g/mol. The highest BCUT2D eigenvalue weighted by molar-refractivity contribution is 5.86. The molecule has 0 aliphatic carbocycles. The SMILES string of the molecule is C=CC(=O)NCCc1ccc(Oc2ccc(OC)cc2)cc1. The minimum absolute atomic E-state index is 0.153. The molecule has 1 amide bonds. The Labute approximate surface area is 130 Å². The van der Waals surface area contributed by atoms with Crippen LogP contribution in [-0.4, -0.2) is 19.6 Å². The lowest BCUT2D eigenvalue weighted by Crippen LogP contribution is -2.23. The molecule has 0 saturated heterocycles. The Kier molecular flexibility index (Phi) is 5.60. The minimum atomic E-state index is -0.153. The number of hydrogen-bond acceptors (Lipinski definition) is 3. The Balaban J connectivity index is 1.88. The second kappa shape index (κ2) is 7.88. The fraction of sp³-hybridized carbons (Fsp3) is 0.167. The minimum Gasteiger partial charge on any atom is -0.497 e. The number of amides is 1. The normalized spacial score (nSPS) is 9.86. The first-order chi connectivity index (χ1) is 10.7. The van der Waals surface area contributed by atoms with Crippen LogP contribution >= 0.6 is 0 Å². The van der Waals surface area contributed by atoms with Crippen molar-refractivity contribution in [3.63, 3.8) is 0 Å². The number of benzene rings is 2. The van der Waals surface area contributed by atoms with Gasteiger partial charge in [-0.2, -0.15) is 0 Å². The third kappa shape index (κ3) is 4.66. The van der Waals surface area contributed by atoms with E-state index in [0.29, 0.717) is 6.54 Å². The van der Waals surface area contributed by atoms with E-state index in [1.807, 2.05) is 48.5 Å². The van der Waals surface area contributed by atoms with Crippen molar-refractivity contribution in [3.8, 4) is 17.2 Å². The van der Waals surface area contributed by atoms with E-state index < -0.39 is 0 Å². The van der Waals surface area contributed by atoms with Gasteiger partial charge >= 0.3 is 0 Å². The van der Waals surface area contributed by atoms with E-state index in [-0.39, 0.29) is 5.91 Å². The number of carbonyl (C=O) groups is 1. The molecule has 0 heterocycles. The molecule has 0 spiro atoms. The molecule has 2 aromatic rings. The molecule has 0 aliphatic rings. The highest BCUT2D eigenvalue weighted by Gasteiger charge is 2.00. The maximum Gasteiger partial charge on any atom is 0.243 e. The highest BCUT2D eigenvalue weighted by atomic mass is 16.5. The van der Waals surface area contributed by atoms with E-state index >= 15 is 0 Å². The van der Waals surface area contributed by atoms with Gasteiger partial charge in [0.1, 0.15) is 17.2 Å². The van der Waals surface area contributed by atoms with Crippen LogP contribution in [0.4, 0.5) is 0 Å². The van der Waals surface area contributed by atoms with Crippen molar-refractivity contribution < 1.29 is 14.3 Å². The molecule has 0 fully saturated rings. The third-order valence-corrected chi connectivity index (χ3v) is 3.12. The van der Waals surface area contributed by atoms with Crippen LogP contribution < -0.4 is 14.8 Å². The predicted molar refractivity (Wildman–Crippen MR) is 86.4 cm³/mol. The topological polar surface area (TPSA) is 47.6 Å². The summed E-state index contributed by atoms with van der Waals surface area (Å²) in [5.74, 6) is 2.17. The zero-order valence-corrected chi connectivity index (χ0v) is 12.5. The van der Waals surface area contributed by atoms with Gasteiger partial charge in [0.25, 0.3) is 0 Å². The Hall–Kier alpha value is -2.75. The van der Waals surface area contributed by atoms with Gasteiger partial charge in [-0.1, -0.05) is 18.7 Å². The lowest BCUT2D eigenvalue weighted by Gasteiger charge is -2.08. The van der Waals surface area contributed by atoms with Gasteiger partial charge in [0.15, 0.2) is 0 Å². The molecular weight excluding hydrogens is 278 g/mol. The molecule has 4 nitrogen and oxygen atoms in total. The molecule has 4 heteroatoms. The zero-order valence-electron chi connectivity index (χ0n) is 12.5. The van der Waals surface area contributed by atoms with Crippen LogP contribution in [0.15, 0.2) is 61.2 Å². The van der Waals surface area contributed by atoms with Crippen LogP contribution in [0.25, 0.3) is 0 Å². The standard InChI is InChI=1S/C18H19NO3/c1-3-18(20)19-13-12-14-4-6-16(7-5-14)22-17-10-8-15(21-2)9-11-17/h3-11H,1,12-13H2,2H3,(H,19,20). The molecule has 0 aromatic heterocycles. The zero-order chi connectivity index (χ0) is 15.8. The van der Waals surface area contributed by atoms with Gasteiger partial charge in [-0.3, -0.25) is 4.79 Å². The Bertz CT molecular complexity index is 618.